The van der Waals surface area contributed by atoms with Gasteiger partial charge in [0.05, 0.1) is 10.5 Å². The summed E-state index contributed by atoms with van der Waals surface area (Å²) < 4.78 is 1.62. The van der Waals surface area contributed by atoms with Gasteiger partial charge in [-0.15, -0.1) is 5.10 Å². The maximum atomic E-state index is 13.5. The van der Waals surface area contributed by atoms with E-state index in [0.29, 0.717) is 34.3 Å². The van der Waals surface area contributed by atoms with Crippen LogP contribution in [0, 0.1) is 24.0 Å². The molecule has 9 nitrogen and oxygen atoms in total. The van der Waals surface area contributed by atoms with Crippen LogP contribution in [0.15, 0.2) is 84.1 Å². The van der Waals surface area contributed by atoms with Gasteiger partial charge in [0.15, 0.2) is 5.82 Å². The average Bonchev–Trinajstić information content (AvgIpc) is 3.29. The second-order valence-corrected chi connectivity index (χ2v) is 8.74. The van der Waals surface area contributed by atoms with Crippen molar-refractivity contribution in [1.29, 1.82) is 0 Å². The molecule has 0 spiro atoms. The molecule has 1 aliphatic rings. The minimum Gasteiger partial charge on any atom is -0.328 e. The van der Waals surface area contributed by atoms with Gasteiger partial charge in [-0.05, 0) is 55.7 Å². The first-order valence-electron chi connectivity index (χ1n) is 11.4. The molecule has 0 saturated carbocycles. The topological polar surface area (TPSA) is 115 Å². The smallest absolute Gasteiger partial charge is 0.269 e. The van der Waals surface area contributed by atoms with Gasteiger partial charge in [-0.1, -0.05) is 42.5 Å². The number of nitro groups is 1. The first-order chi connectivity index (χ1) is 17.3. The lowest BCUT2D eigenvalue weighted by Gasteiger charge is -2.28. The fraction of sp³-hybridized carbons (Fsp3) is 0.148. The number of hydrogen-bond acceptors (Lipinski definition) is 6. The van der Waals surface area contributed by atoms with E-state index in [1.807, 2.05) is 50.2 Å². The molecule has 1 amide bonds. The molecule has 2 heterocycles. The normalized spacial score (nSPS) is 14.7. The third-order valence-corrected chi connectivity index (χ3v) is 6.29. The van der Waals surface area contributed by atoms with Crippen molar-refractivity contribution < 1.29 is 9.72 Å². The van der Waals surface area contributed by atoms with Gasteiger partial charge in [0, 0.05) is 29.1 Å². The van der Waals surface area contributed by atoms with Gasteiger partial charge in [-0.25, -0.2) is 4.68 Å². The molecule has 9 heteroatoms. The fourth-order valence-corrected chi connectivity index (χ4v) is 4.28. The predicted molar refractivity (Wildman–Crippen MR) is 138 cm³/mol. The van der Waals surface area contributed by atoms with Crippen molar-refractivity contribution in [3.05, 3.63) is 111 Å². The lowest BCUT2D eigenvalue weighted by Crippen LogP contribution is -2.31. The van der Waals surface area contributed by atoms with Gasteiger partial charge >= 0.3 is 0 Å². The number of aryl methyl sites for hydroxylation is 2. The maximum absolute atomic E-state index is 13.5. The maximum Gasteiger partial charge on any atom is 0.269 e. The molecular formula is C27H24N6O3. The second kappa shape index (κ2) is 9.10. The monoisotopic (exact) mass is 480 g/mol. The summed E-state index contributed by atoms with van der Waals surface area (Å²) in [4.78, 5) is 29.3. The number of nitrogens with one attached hydrogen (secondary N) is 2. The minimum absolute atomic E-state index is 0.0671. The molecule has 0 fully saturated rings. The Kier molecular flexibility index (Phi) is 5.81. The number of benzene rings is 3. The summed E-state index contributed by atoms with van der Waals surface area (Å²) in [6.07, 6.45) is 0. The average molecular weight is 481 g/mol. The lowest BCUT2D eigenvalue weighted by atomic mass is 9.94. The largest absolute Gasteiger partial charge is 0.328 e. The van der Waals surface area contributed by atoms with Crippen LogP contribution < -0.4 is 10.6 Å². The van der Waals surface area contributed by atoms with E-state index in [-0.39, 0.29) is 11.6 Å². The SMILES string of the molecule is CC1=C(C(=O)Nc2ccccc2)C(c2cccc([N+](=O)[O-])c2)n2nc(-c3ccc(C)c(C)c3)nc2N1. The zero-order valence-corrected chi connectivity index (χ0v) is 20.0. The van der Waals surface area contributed by atoms with Gasteiger partial charge in [-0.3, -0.25) is 14.9 Å². The molecule has 4 aromatic rings. The molecule has 3 aromatic carbocycles. The third-order valence-electron chi connectivity index (χ3n) is 6.29. The van der Waals surface area contributed by atoms with E-state index in [0.717, 1.165) is 16.7 Å². The number of hydrogen-bond donors (Lipinski definition) is 2. The number of rotatable bonds is 5. The molecular weight excluding hydrogens is 456 g/mol. The van der Waals surface area contributed by atoms with E-state index in [9.17, 15) is 14.9 Å². The molecule has 0 bridgehead atoms. The summed E-state index contributed by atoms with van der Waals surface area (Å²) in [6, 6.07) is 20.6. The van der Waals surface area contributed by atoms with E-state index in [1.54, 1.807) is 35.9 Å². The van der Waals surface area contributed by atoms with Crippen molar-refractivity contribution >= 4 is 23.2 Å². The van der Waals surface area contributed by atoms with Gasteiger partial charge in [0.25, 0.3) is 11.6 Å². The molecule has 1 atom stereocenters. The van der Waals surface area contributed by atoms with Crippen LogP contribution in [0.5, 0.6) is 0 Å². The van der Waals surface area contributed by atoms with E-state index in [4.69, 9.17) is 10.1 Å². The van der Waals surface area contributed by atoms with Crippen LogP contribution in [0.25, 0.3) is 11.4 Å². The summed E-state index contributed by atoms with van der Waals surface area (Å²) in [5.41, 5.74) is 5.22. The number of nitrogens with zero attached hydrogens (tertiary/aromatic N) is 4. The van der Waals surface area contributed by atoms with Crippen molar-refractivity contribution in [2.24, 2.45) is 0 Å². The van der Waals surface area contributed by atoms with E-state index in [1.165, 1.54) is 12.1 Å². The lowest BCUT2D eigenvalue weighted by molar-refractivity contribution is -0.384. The Morgan fingerprint density at radius 2 is 1.78 bits per heavy atom. The van der Waals surface area contributed by atoms with E-state index >= 15 is 0 Å². The van der Waals surface area contributed by atoms with Crippen LogP contribution in [0.1, 0.15) is 29.7 Å². The van der Waals surface area contributed by atoms with Crippen LogP contribution in [0.4, 0.5) is 17.3 Å². The van der Waals surface area contributed by atoms with Gasteiger partial charge in [0.2, 0.25) is 5.95 Å². The molecule has 0 aliphatic carbocycles. The number of non-ortho nitro benzene ring substituents is 1. The molecule has 0 saturated heterocycles. The molecule has 1 unspecified atom stereocenters. The highest BCUT2D eigenvalue weighted by molar-refractivity contribution is 6.06. The van der Waals surface area contributed by atoms with Crippen molar-refractivity contribution in [3.8, 4) is 11.4 Å². The number of fused-ring (bicyclic) bond motifs is 1. The number of aromatic nitrogens is 3. The molecule has 180 valence electrons. The highest BCUT2D eigenvalue weighted by atomic mass is 16.6. The van der Waals surface area contributed by atoms with Crippen molar-refractivity contribution in [3.63, 3.8) is 0 Å². The van der Waals surface area contributed by atoms with E-state index in [2.05, 4.69) is 10.6 Å². The fourth-order valence-electron chi connectivity index (χ4n) is 4.28. The second-order valence-electron chi connectivity index (χ2n) is 8.74. The minimum atomic E-state index is -0.724. The number of nitro benzene ring substituents is 1. The van der Waals surface area contributed by atoms with Crippen LogP contribution >= 0.6 is 0 Å². The number of amides is 1. The summed E-state index contributed by atoms with van der Waals surface area (Å²) in [7, 11) is 0. The first-order valence-corrected chi connectivity index (χ1v) is 11.4. The van der Waals surface area contributed by atoms with Crippen LogP contribution in [0.2, 0.25) is 0 Å². The number of anilines is 2. The highest BCUT2D eigenvalue weighted by Gasteiger charge is 2.35. The Labute approximate surface area is 207 Å². The van der Waals surface area contributed by atoms with Crippen LogP contribution in [-0.2, 0) is 4.79 Å². The summed E-state index contributed by atoms with van der Waals surface area (Å²) in [5, 5.41) is 22.4. The number of allylic oxidation sites excluding steroid dienone is 1. The standard InChI is InChI=1S/C27H24N6O3/c1-16-12-13-20(14-17(16)2)25-30-27-28-18(3)23(26(34)29-21-9-5-4-6-10-21)24(32(27)31-25)19-8-7-11-22(15-19)33(35)36/h4-15,24H,1-3H3,(H,29,34)(H,28,30,31). The van der Waals surface area contributed by atoms with Gasteiger partial charge in [-0.2, -0.15) is 4.98 Å². The summed E-state index contributed by atoms with van der Waals surface area (Å²) >= 11 is 0. The molecule has 5 rings (SSSR count). The van der Waals surface area contributed by atoms with Crippen molar-refractivity contribution in [1.82, 2.24) is 14.8 Å². The van der Waals surface area contributed by atoms with Crippen LogP contribution in [-0.4, -0.2) is 25.6 Å². The predicted octanol–water partition coefficient (Wildman–Crippen LogP) is 5.40. The zero-order chi connectivity index (χ0) is 25.4. The molecule has 2 N–H and O–H groups in total. The third kappa shape index (κ3) is 4.22. The van der Waals surface area contributed by atoms with Crippen LogP contribution in [0.3, 0.4) is 0 Å². The van der Waals surface area contributed by atoms with Gasteiger partial charge in [0.1, 0.15) is 6.04 Å². The molecule has 1 aromatic heterocycles. The Morgan fingerprint density at radius 3 is 2.50 bits per heavy atom. The molecule has 1 aliphatic heterocycles. The Balaban J connectivity index is 1.64. The number of para-hydroxylation sites is 1. The Morgan fingerprint density at radius 1 is 1.00 bits per heavy atom. The zero-order valence-electron chi connectivity index (χ0n) is 20.0. The quantitative estimate of drug-likeness (QED) is 0.292. The Hall–Kier alpha value is -4.79. The molecule has 0 radical (unpaired) electrons. The van der Waals surface area contributed by atoms with E-state index < -0.39 is 11.0 Å². The van der Waals surface area contributed by atoms with Crippen molar-refractivity contribution in [2.45, 2.75) is 26.8 Å². The highest BCUT2D eigenvalue weighted by Crippen LogP contribution is 2.38. The van der Waals surface area contributed by atoms with Crippen molar-refractivity contribution in [2.75, 3.05) is 10.6 Å². The Bertz CT molecular complexity index is 1520. The summed E-state index contributed by atoms with van der Waals surface area (Å²) in [6.45, 7) is 5.85. The van der Waals surface area contributed by atoms with Gasteiger partial charge < -0.3 is 10.6 Å². The first kappa shape index (κ1) is 23.0. The molecule has 36 heavy (non-hydrogen) atoms. The number of carbonyl (C=O) groups is 1. The summed E-state index contributed by atoms with van der Waals surface area (Å²) in [5.74, 6) is 0.610. The number of carbonyl (C=O) groups excluding carboxylic acids is 1.